The van der Waals surface area contributed by atoms with E-state index in [2.05, 4.69) is 0 Å². The summed E-state index contributed by atoms with van der Waals surface area (Å²) in [6, 6.07) is 36.0. The minimum Gasteiger partial charge on any atom is -0.507 e. The number of rotatable bonds is 5. The van der Waals surface area contributed by atoms with Crippen molar-refractivity contribution in [2.75, 3.05) is 0 Å². The van der Waals surface area contributed by atoms with Crippen molar-refractivity contribution in [3.8, 4) is 5.75 Å². The van der Waals surface area contributed by atoms with Crippen LogP contribution in [-0.4, -0.2) is 10.9 Å². The lowest BCUT2D eigenvalue weighted by molar-refractivity contribution is 0.0932. The average Bonchev–Trinajstić information content (AvgIpc) is 2.77. The fourth-order valence-electron chi connectivity index (χ4n) is 3.83. The van der Waals surface area contributed by atoms with Crippen molar-refractivity contribution < 1.29 is 9.90 Å². The van der Waals surface area contributed by atoms with E-state index in [-0.39, 0.29) is 11.5 Å². The molecule has 0 saturated heterocycles. The smallest absolute Gasteiger partial charge is 0.185 e. The molecule has 0 atom stereocenters. The zero-order valence-electron chi connectivity index (χ0n) is 15.3. The number of aromatic hydroxyl groups is 1. The Hall–Kier alpha value is -3.65. The molecule has 0 aliphatic carbocycles. The zero-order valence-corrected chi connectivity index (χ0v) is 15.3. The van der Waals surface area contributed by atoms with Crippen molar-refractivity contribution >= 4 is 5.78 Å². The molecule has 0 unspecified atom stereocenters. The van der Waals surface area contributed by atoms with Gasteiger partial charge in [-0.3, -0.25) is 4.79 Å². The van der Waals surface area contributed by atoms with Gasteiger partial charge in [-0.05, 0) is 28.8 Å². The number of phenolic OH excluding ortho intramolecular Hbond substituents is 1. The highest BCUT2D eigenvalue weighted by atomic mass is 16.3. The molecule has 1 N–H and O–H groups in total. The van der Waals surface area contributed by atoms with Crippen molar-refractivity contribution in [3.05, 3.63) is 138 Å². The maximum absolute atomic E-state index is 14.1. The summed E-state index contributed by atoms with van der Waals surface area (Å²) >= 11 is 0. The first-order valence-electron chi connectivity index (χ1n) is 9.24. The van der Waals surface area contributed by atoms with Crippen molar-refractivity contribution in [1.82, 2.24) is 0 Å². The van der Waals surface area contributed by atoms with Crippen molar-refractivity contribution in [2.24, 2.45) is 0 Å². The van der Waals surface area contributed by atoms with Gasteiger partial charge < -0.3 is 5.11 Å². The molecule has 0 radical (unpaired) electrons. The maximum Gasteiger partial charge on any atom is 0.185 e. The second kappa shape index (κ2) is 7.53. The molecule has 0 aliphatic rings. The van der Waals surface area contributed by atoms with Crippen LogP contribution in [0.15, 0.2) is 115 Å². The van der Waals surface area contributed by atoms with E-state index in [0.717, 1.165) is 16.7 Å². The van der Waals surface area contributed by atoms with E-state index in [4.69, 9.17) is 0 Å². The number of benzene rings is 4. The lowest BCUT2D eigenvalue weighted by Crippen LogP contribution is -2.38. The first-order chi connectivity index (χ1) is 13.7. The van der Waals surface area contributed by atoms with Crippen LogP contribution in [0.1, 0.15) is 27.0 Å². The molecule has 4 aromatic carbocycles. The number of carbonyl (C=O) groups excluding carboxylic acids is 1. The molecule has 0 aromatic heterocycles. The highest BCUT2D eigenvalue weighted by Crippen LogP contribution is 2.43. The van der Waals surface area contributed by atoms with Gasteiger partial charge in [-0.1, -0.05) is 103 Å². The number of hydrogen-bond acceptors (Lipinski definition) is 2. The topological polar surface area (TPSA) is 37.3 Å². The predicted molar refractivity (Wildman–Crippen MR) is 112 cm³/mol. The molecular weight excluding hydrogens is 344 g/mol. The molecule has 0 bridgehead atoms. The molecule has 0 heterocycles. The van der Waals surface area contributed by atoms with Crippen molar-refractivity contribution in [2.45, 2.75) is 5.41 Å². The second-order valence-electron chi connectivity index (χ2n) is 6.69. The minimum atomic E-state index is -1.07. The Labute approximate surface area is 164 Å². The molecule has 2 heteroatoms. The van der Waals surface area contributed by atoms with Crippen LogP contribution in [-0.2, 0) is 5.41 Å². The molecule has 0 fully saturated rings. The molecule has 136 valence electrons. The minimum absolute atomic E-state index is 0.0142. The zero-order chi connectivity index (χ0) is 19.4. The summed E-state index contributed by atoms with van der Waals surface area (Å²) < 4.78 is 0. The summed E-state index contributed by atoms with van der Waals surface area (Å²) in [5, 5.41) is 10.5. The molecule has 2 nitrogen and oxygen atoms in total. The lowest BCUT2D eigenvalue weighted by Gasteiger charge is -2.34. The Balaban J connectivity index is 2.10. The summed E-state index contributed by atoms with van der Waals surface area (Å²) in [4.78, 5) is 14.1. The van der Waals surface area contributed by atoms with E-state index in [1.54, 1.807) is 24.3 Å². The van der Waals surface area contributed by atoms with Crippen LogP contribution >= 0.6 is 0 Å². The maximum atomic E-state index is 14.1. The van der Waals surface area contributed by atoms with Crippen LogP contribution in [0.4, 0.5) is 0 Å². The summed E-state index contributed by atoms with van der Waals surface area (Å²) in [5.41, 5.74) is 1.82. The van der Waals surface area contributed by atoms with E-state index in [9.17, 15) is 9.90 Å². The molecule has 0 amide bonds. The SMILES string of the molecule is O=C(c1ccccc1O)C(c1ccccc1)(c1ccccc1)c1ccccc1. The molecule has 0 aliphatic heterocycles. The number of carbonyl (C=O) groups is 1. The van der Waals surface area contributed by atoms with Crippen LogP contribution < -0.4 is 0 Å². The predicted octanol–water partition coefficient (Wildman–Crippen LogP) is 5.61. The molecule has 4 rings (SSSR count). The van der Waals surface area contributed by atoms with Crippen LogP contribution in [0.5, 0.6) is 5.75 Å². The van der Waals surface area contributed by atoms with Gasteiger partial charge in [-0.15, -0.1) is 0 Å². The van der Waals surface area contributed by atoms with Gasteiger partial charge in [0.25, 0.3) is 0 Å². The van der Waals surface area contributed by atoms with Gasteiger partial charge in [0.1, 0.15) is 11.2 Å². The Morgan fingerprint density at radius 3 is 1.29 bits per heavy atom. The third kappa shape index (κ3) is 2.89. The number of hydrogen-bond donors (Lipinski definition) is 1. The van der Waals surface area contributed by atoms with E-state index < -0.39 is 5.41 Å². The molecule has 0 saturated carbocycles. The lowest BCUT2D eigenvalue weighted by atomic mass is 9.65. The van der Waals surface area contributed by atoms with Crippen LogP contribution in [0.3, 0.4) is 0 Å². The summed E-state index contributed by atoms with van der Waals surface area (Å²) in [6.45, 7) is 0. The normalized spacial score (nSPS) is 11.1. The van der Waals surface area contributed by atoms with Gasteiger partial charge in [0.15, 0.2) is 5.78 Å². The number of phenols is 1. The highest BCUT2D eigenvalue weighted by Gasteiger charge is 2.44. The molecule has 28 heavy (non-hydrogen) atoms. The second-order valence-corrected chi connectivity index (χ2v) is 6.69. The van der Waals surface area contributed by atoms with E-state index in [1.165, 1.54) is 0 Å². The molecule has 0 spiro atoms. The van der Waals surface area contributed by atoms with Crippen LogP contribution in [0.2, 0.25) is 0 Å². The van der Waals surface area contributed by atoms with Gasteiger partial charge in [0.2, 0.25) is 0 Å². The summed E-state index contributed by atoms with van der Waals surface area (Å²) in [7, 11) is 0. The quantitative estimate of drug-likeness (QED) is 0.369. The first-order valence-corrected chi connectivity index (χ1v) is 9.24. The Bertz CT molecular complexity index is 974. The van der Waals surface area contributed by atoms with Crippen molar-refractivity contribution in [3.63, 3.8) is 0 Å². The average molecular weight is 364 g/mol. The largest absolute Gasteiger partial charge is 0.507 e. The van der Waals surface area contributed by atoms with Gasteiger partial charge in [-0.2, -0.15) is 0 Å². The van der Waals surface area contributed by atoms with Gasteiger partial charge in [0, 0.05) is 0 Å². The number of Topliss-reactive ketones (excluding diaryl/α,β-unsaturated/α-hetero) is 1. The Morgan fingerprint density at radius 1 is 0.536 bits per heavy atom. The number of para-hydroxylation sites is 1. The van der Waals surface area contributed by atoms with Crippen molar-refractivity contribution in [1.29, 1.82) is 0 Å². The number of ketones is 1. The monoisotopic (exact) mass is 364 g/mol. The van der Waals surface area contributed by atoms with Gasteiger partial charge in [0.05, 0.1) is 5.56 Å². The van der Waals surface area contributed by atoms with Crippen LogP contribution in [0, 0.1) is 0 Å². The van der Waals surface area contributed by atoms with E-state index >= 15 is 0 Å². The summed E-state index contributed by atoms with van der Waals surface area (Å²) in [5.74, 6) is -0.172. The highest BCUT2D eigenvalue weighted by molar-refractivity contribution is 6.10. The molecular formula is C26H20O2. The van der Waals surface area contributed by atoms with Gasteiger partial charge in [-0.25, -0.2) is 0 Å². The molecule has 4 aromatic rings. The summed E-state index contributed by atoms with van der Waals surface area (Å²) in [6.07, 6.45) is 0. The van der Waals surface area contributed by atoms with E-state index in [0.29, 0.717) is 5.56 Å². The fraction of sp³-hybridized carbons (Fsp3) is 0.0385. The fourth-order valence-corrected chi connectivity index (χ4v) is 3.83. The third-order valence-corrected chi connectivity index (χ3v) is 5.11. The third-order valence-electron chi connectivity index (χ3n) is 5.11. The standard InChI is InChI=1S/C26H20O2/c27-24-19-11-10-18-23(24)25(28)26(20-12-4-1-5-13-20,21-14-6-2-7-15-21)22-16-8-3-9-17-22/h1-19,27H. The van der Waals surface area contributed by atoms with Gasteiger partial charge >= 0.3 is 0 Å². The Morgan fingerprint density at radius 2 is 0.893 bits per heavy atom. The van der Waals surface area contributed by atoms with Crippen LogP contribution in [0.25, 0.3) is 0 Å². The Kier molecular flexibility index (Phi) is 4.77. The first kappa shape index (κ1) is 17.7. The van der Waals surface area contributed by atoms with E-state index in [1.807, 2.05) is 91.0 Å².